The molecule has 0 spiro atoms. The van der Waals surface area contributed by atoms with Crippen molar-refractivity contribution in [3.8, 4) is 0 Å². The molecule has 0 N–H and O–H groups in total. The Kier molecular flexibility index (Phi) is 5.57. The molecule has 148 valence electrons. The molecule has 3 heterocycles. The zero-order chi connectivity index (χ0) is 19.5. The van der Waals surface area contributed by atoms with E-state index in [1.54, 1.807) is 0 Å². The van der Waals surface area contributed by atoms with Gasteiger partial charge in [0.05, 0.1) is 13.2 Å². The number of rotatable bonds is 3. The van der Waals surface area contributed by atoms with Crippen LogP contribution in [-0.4, -0.2) is 53.6 Å². The Morgan fingerprint density at radius 1 is 1.04 bits per heavy atom. The molecule has 0 unspecified atom stereocenters. The van der Waals surface area contributed by atoms with Crippen molar-refractivity contribution in [1.82, 2.24) is 14.9 Å². The third-order valence-electron chi connectivity index (χ3n) is 5.65. The van der Waals surface area contributed by atoms with E-state index in [4.69, 9.17) is 4.74 Å². The van der Waals surface area contributed by atoms with Crippen molar-refractivity contribution < 1.29 is 9.53 Å². The molecule has 2 aromatic rings. The van der Waals surface area contributed by atoms with Gasteiger partial charge in [-0.05, 0) is 38.3 Å². The lowest BCUT2D eigenvalue weighted by molar-refractivity contribution is -0.144. The van der Waals surface area contributed by atoms with Gasteiger partial charge in [-0.15, -0.1) is 0 Å². The van der Waals surface area contributed by atoms with Gasteiger partial charge in [-0.1, -0.05) is 30.3 Å². The maximum atomic E-state index is 13.1. The van der Waals surface area contributed by atoms with E-state index in [-0.39, 0.29) is 17.9 Å². The number of anilines is 1. The number of ether oxygens (including phenoxy) is 1. The fourth-order valence-electron chi connectivity index (χ4n) is 4.15. The lowest BCUT2D eigenvalue weighted by atomic mass is 9.94. The predicted molar refractivity (Wildman–Crippen MR) is 108 cm³/mol. The first-order valence-electron chi connectivity index (χ1n) is 10.1. The third-order valence-corrected chi connectivity index (χ3v) is 5.65. The van der Waals surface area contributed by atoms with Crippen LogP contribution in [0.4, 0.5) is 5.95 Å². The molecule has 1 aromatic carbocycles. The smallest absolute Gasteiger partial charge is 0.225 e. The van der Waals surface area contributed by atoms with Crippen LogP contribution in [0.2, 0.25) is 0 Å². The summed E-state index contributed by atoms with van der Waals surface area (Å²) in [6.07, 6.45) is 1.67. The van der Waals surface area contributed by atoms with Crippen LogP contribution in [0.25, 0.3) is 0 Å². The Hall–Kier alpha value is -2.47. The first kappa shape index (κ1) is 18.9. The molecule has 6 heteroatoms. The number of carbonyl (C=O) groups excluding carboxylic acids is 1. The molecule has 2 aliphatic heterocycles. The van der Waals surface area contributed by atoms with E-state index in [0.29, 0.717) is 19.7 Å². The number of hydrogen-bond acceptors (Lipinski definition) is 5. The van der Waals surface area contributed by atoms with Gasteiger partial charge in [0, 0.05) is 36.9 Å². The Morgan fingerprint density at radius 2 is 1.71 bits per heavy atom. The first-order valence-corrected chi connectivity index (χ1v) is 10.1. The number of hydrogen-bond donors (Lipinski definition) is 0. The lowest BCUT2D eigenvalue weighted by Gasteiger charge is -2.38. The molecule has 1 amide bonds. The maximum absolute atomic E-state index is 13.1. The third kappa shape index (κ3) is 4.17. The zero-order valence-corrected chi connectivity index (χ0v) is 16.7. The molecule has 2 aliphatic rings. The molecular formula is C22H28N4O2. The molecule has 2 saturated heterocycles. The molecule has 4 rings (SSSR count). The zero-order valence-electron chi connectivity index (χ0n) is 16.7. The number of benzene rings is 1. The molecule has 0 aliphatic carbocycles. The van der Waals surface area contributed by atoms with Crippen molar-refractivity contribution in [3.63, 3.8) is 0 Å². The monoisotopic (exact) mass is 380 g/mol. The Morgan fingerprint density at radius 3 is 2.39 bits per heavy atom. The minimum Gasteiger partial charge on any atom is -0.370 e. The second-order valence-corrected chi connectivity index (χ2v) is 7.77. The van der Waals surface area contributed by atoms with E-state index in [9.17, 15) is 4.79 Å². The quantitative estimate of drug-likeness (QED) is 0.819. The Labute approximate surface area is 166 Å². The van der Waals surface area contributed by atoms with Gasteiger partial charge in [-0.2, -0.15) is 0 Å². The fraction of sp³-hybridized carbons (Fsp3) is 0.500. The van der Waals surface area contributed by atoms with Gasteiger partial charge in [0.2, 0.25) is 11.9 Å². The van der Waals surface area contributed by atoms with E-state index < -0.39 is 0 Å². The highest BCUT2D eigenvalue weighted by Crippen LogP contribution is 2.27. The van der Waals surface area contributed by atoms with Crippen LogP contribution in [-0.2, 0) is 9.53 Å². The number of amides is 1. The van der Waals surface area contributed by atoms with Gasteiger partial charge < -0.3 is 14.5 Å². The fourth-order valence-corrected chi connectivity index (χ4v) is 4.15. The normalized spacial score (nSPS) is 21.0. The van der Waals surface area contributed by atoms with Gasteiger partial charge in [-0.3, -0.25) is 4.79 Å². The van der Waals surface area contributed by atoms with Gasteiger partial charge in [0.25, 0.3) is 0 Å². The molecule has 0 radical (unpaired) electrons. The highest BCUT2D eigenvalue weighted by atomic mass is 16.5. The van der Waals surface area contributed by atoms with E-state index >= 15 is 0 Å². The summed E-state index contributed by atoms with van der Waals surface area (Å²) in [7, 11) is 0. The highest BCUT2D eigenvalue weighted by Gasteiger charge is 2.32. The highest BCUT2D eigenvalue weighted by molar-refractivity contribution is 5.79. The molecule has 2 fully saturated rings. The van der Waals surface area contributed by atoms with Crippen LogP contribution < -0.4 is 4.90 Å². The average Bonchev–Trinajstić information content (AvgIpc) is 2.73. The van der Waals surface area contributed by atoms with Crippen molar-refractivity contribution in [2.24, 2.45) is 5.92 Å². The van der Waals surface area contributed by atoms with Crippen LogP contribution in [0.15, 0.2) is 36.4 Å². The average molecular weight is 380 g/mol. The Balaban J connectivity index is 1.36. The van der Waals surface area contributed by atoms with Crippen LogP contribution in [0.3, 0.4) is 0 Å². The maximum Gasteiger partial charge on any atom is 0.225 e. The van der Waals surface area contributed by atoms with E-state index in [1.165, 1.54) is 0 Å². The SMILES string of the molecule is Cc1cc(C)nc(N2CCC(C(=O)N3CCO[C@H](c4ccccc4)C3)CC2)n1. The van der Waals surface area contributed by atoms with E-state index in [1.807, 2.05) is 43.0 Å². The minimum atomic E-state index is -0.0253. The van der Waals surface area contributed by atoms with Crippen molar-refractivity contribution in [2.45, 2.75) is 32.8 Å². The second kappa shape index (κ2) is 8.27. The summed E-state index contributed by atoms with van der Waals surface area (Å²) < 4.78 is 5.91. The number of carbonyl (C=O) groups is 1. The number of piperidine rings is 1. The lowest BCUT2D eigenvalue weighted by Crippen LogP contribution is -2.47. The molecular weight excluding hydrogens is 352 g/mol. The van der Waals surface area contributed by atoms with Crippen molar-refractivity contribution in [2.75, 3.05) is 37.7 Å². The molecule has 0 saturated carbocycles. The van der Waals surface area contributed by atoms with Gasteiger partial charge in [-0.25, -0.2) is 9.97 Å². The number of aryl methyl sites for hydroxylation is 2. The summed E-state index contributed by atoms with van der Waals surface area (Å²) >= 11 is 0. The summed E-state index contributed by atoms with van der Waals surface area (Å²) in [6.45, 7) is 7.57. The second-order valence-electron chi connectivity index (χ2n) is 7.77. The largest absolute Gasteiger partial charge is 0.370 e. The van der Waals surface area contributed by atoms with E-state index in [0.717, 1.165) is 48.8 Å². The van der Waals surface area contributed by atoms with Crippen LogP contribution in [0, 0.1) is 19.8 Å². The van der Waals surface area contributed by atoms with Crippen LogP contribution in [0.5, 0.6) is 0 Å². The molecule has 6 nitrogen and oxygen atoms in total. The molecule has 0 bridgehead atoms. The minimum absolute atomic E-state index is 0.0253. The van der Waals surface area contributed by atoms with Crippen molar-refractivity contribution in [1.29, 1.82) is 0 Å². The number of morpholine rings is 1. The van der Waals surface area contributed by atoms with Gasteiger partial charge in [0.1, 0.15) is 6.10 Å². The Bertz CT molecular complexity index is 798. The molecule has 28 heavy (non-hydrogen) atoms. The molecule has 1 atom stereocenters. The van der Waals surface area contributed by atoms with Gasteiger partial charge in [0.15, 0.2) is 0 Å². The van der Waals surface area contributed by atoms with Crippen LogP contribution in [0.1, 0.15) is 35.9 Å². The summed E-state index contributed by atoms with van der Waals surface area (Å²) in [5.41, 5.74) is 3.11. The topological polar surface area (TPSA) is 58.6 Å². The summed E-state index contributed by atoms with van der Waals surface area (Å²) in [6, 6.07) is 12.2. The summed E-state index contributed by atoms with van der Waals surface area (Å²) in [4.78, 5) is 26.4. The van der Waals surface area contributed by atoms with Crippen molar-refractivity contribution in [3.05, 3.63) is 53.3 Å². The first-order chi connectivity index (χ1) is 13.6. The van der Waals surface area contributed by atoms with Crippen molar-refractivity contribution >= 4 is 11.9 Å². The van der Waals surface area contributed by atoms with E-state index in [2.05, 4.69) is 27.0 Å². The summed E-state index contributed by atoms with van der Waals surface area (Å²) in [5.74, 6) is 1.14. The standard InChI is InChI=1S/C22H28N4O2/c1-16-14-17(2)24-22(23-16)25-10-8-19(9-11-25)21(27)26-12-13-28-20(15-26)18-6-4-3-5-7-18/h3-7,14,19-20H,8-13,15H2,1-2H3/t20-/m0/s1. The van der Waals surface area contributed by atoms with Crippen LogP contribution >= 0.6 is 0 Å². The number of nitrogens with zero attached hydrogens (tertiary/aromatic N) is 4. The summed E-state index contributed by atoms with van der Waals surface area (Å²) in [5, 5.41) is 0. The number of aromatic nitrogens is 2. The molecule has 1 aromatic heterocycles. The predicted octanol–water partition coefficient (Wildman–Crippen LogP) is 2.91. The van der Waals surface area contributed by atoms with Gasteiger partial charge >= 0.3 is 0 Å².